The average molecular weight is 253 g/mol. The zero-order valence-electron chi connectivity index (χ0n) is 11.1. The van der Waals surface area contributed by atoms with Crippen LogP contribution >= 0.6 is 0 Å². The monoisotopic (exact) mass is 253 g/mol. The molecule has 0 heteroatoms. The first-order valence-electron chi connectivity index (χ1n) is 7.10. The first-order chi connectivity index (χ1) is 9.92. The lowest BCUT2D eigenvalue weighted by atomic mass is 9.95. The van der Waals surface area contributed by atoms with E-state index in [1.807, 2.05) is 0 Å². The molecule has 0 spiro atoms. The van der Waals surface area contributed by atoms with Crippen LogP contribution in [-0.4, -0.2) is 0 Å². The maximum Gasteiger partial charge on any atom is 0.0218 e. The summed E-state index contributed by atoms with van der Waals surface area (Å²) in [5, 5.41) is 0. The van der Waals surface area contributed by atoms with Crippen LogP contribution in [-0.2, 0) is 6.42 Å². The molecular formula is C20H13. The smallest absolute Gasteiger partial charge is 0.0218 e. The molecule has 0 bridgehead atoms. The molecule has 0 aromatic heterocycles. The second-order valence-electron chi connectivity index (χ2n) is 5.63. The summed E-state index contributed by atoms with van der Waals surface area (Å²) in [4.78, 5) is 0. The molecule has 93 valence electrons. The number of benzene rings is 3. The van der Waals surface area contributed by atoms with E-state index in [0.29, 0.717) is 0 Å². The van der Waals surface area contributed by atoms with Crippen molar-refractivity contribution in [1.29, 1.82) is 0 Å². The second-order valence-corrected chi connectivity index (χ2v) is 5.63. The van der Waals surface area contributed by atoms with Gasteiger partial charge in [-0.2, -0.15) is 0 Å². The molecule has 0 heterocycles. The third-order valence-corrected chi connectivity index (χ3v) is 4.55. The Morgan fingerprint density at radius 1 is 0.600 bits per heavy atom. The van der Waals surface area contributed by atoms with Crippen LogP contribution < -0.4 is 0 Å². The Balaban J connectivity index is 1.84. The van der Waals surface area contributed by atoms with E-state index in [9.17, 15) is 0 Å². The van der Waals surface area contributed by atoms with E-state index in [1.54, 1.807) is 0 Å². The molecule has 2 aliphatic carbocycles. The van der Waals surface area contributed by atoms with Crippen molar-refractivity contribution in [3.8, 4) is 22.3 Å². The van der Waals surface area contributed by atoms with Gasteiger partial charge < -0.3 is 0 Å². The summed E-state index contributed by atoms with van der Waals surface area (Å²) < 4.78 is 0. The molecule has 0 saturated carbocycles. The van der Waals surface area contributed by atoms with Gasteiger partial charge in [0, 0.05) is 6.42 Å². The molecule has 0 N–H and O–H groups in total. The van der Waals surface area contributed by atoms with Gasteiger partial charge in [-0.25, -0.2) is 0 Å². The van der Waals surface area contributed by atoms with Gasteiger partial charge in [0.15, 0.2) is 0 Å². The Kier molecular flexibility index (Phi) is 1.88. The van der Waals surface area contributed by atoms with Gasteiger partial charge in [-0.15, -0.1) is 0 Å². The first-order valence-corrected chi connectivity index (χ1v) is 7.10. The Morgan fingerprint density at radius 2 is 1.40 bits per heavy atom. The fourth-order valence-electron chi connectivity index (χ4n) is 3.66. The van der Waals surface area contributed by atoms with Gasteiger partial charge in [-0.3, -0.25) is 0 Å². The molecule has 0 atom stereocenters. The lowest BCUT2D eigenvalue weighted by molar-refractivity contribution is 1.26. The second kappa shape index (κ2) is 3.61. The largest absolute Gasteiger partial charge is 0.0619 e. The number of hydrogen-bond acceptors (Lipinski definition) is 0. The minimum Gasteiger partial charge on any atom is -0.0619 e. The maximum absolute atomic E-state index is 2.35. The van der Waals surface area contributed by atoms with Crippen LogP contribution in [0.3, 0.4) is 0 Å². The van der Waals surface area contributed by atoms with Gasteiger partial charge in [0.1, 0.15) is 0 Å². The molecule has 5 rings (SSSR count). The normalized spacial score (nSPS) is 13.6. The standard InChI is InChI=1S/C20H13/c1-3-7-16-14(6-1)12-19-18(16)10-9-15-11-13-5-2-4-8-17(13)20(15)19/h1-10,12H,11H2. The number of rotatable bonds is 0. The van der Waals surface area contributed by atoms with Gasteiger partial charge in [-0.05, 0) is 50.9 Å². The molecular weight excluding hydrogens is 240 g/mol. The Labute approximate surface area is 118 Å². The third kappa shape index (κ3) is 1.21. The van der Waals surface area contributed by atoms with E-state index < -0.39 is 0 Å². The fourth-order valence-corrected chi connectivity index (χ4v) is 3.66. The summed E-state index contributed by atoms with van der Waals surface area (Å²) >= 11 is 0. The Hall–Kier alpha value is -2.34. The zero-order chi connectivity index (χ0) is 13.1. The summed E-state index contributed by atoms with van der Waals surface area (Å²) in [5.74, 6) is 0. The van der Waals surface area contributed by atoms with Crippen molar-refractivity contribution in [3.63, 3.8) is 0 Å². The first kappa shape index (κ1) is 10.4. The van der Waals surface area contributed by atoms with Crippen molar-refractivity contribution in [2.45, 2.75) is 6.42 Å². The molecule has 0 amide bonds. The topological polar surface area (TPSA) is 0 Å². The van der Waals surface area contributed by atoms with Crippen molar-refractivity contribution >= 4 is 0 Å². The highest BCUT2D eigenvalue weighted by atomic mass is 14.3. The van der Waals surface area contributed by atoms with Crippen molar-refractivity contribution in [1.82, 2.24) is 0 Å². The fraction of sp³-hybridized carbons (Fsp3) is 0.0500. The summed E-state index contributed by atoms with van der Waals surface area (Å²) in [7, 11) is 0. The molecule has 3 aromatic carbocycles. The SMILES string of the molecule is [CH]1c2ccccc2-c2ccc3c(c21)-c1ccccc1C3. The van der Waals surface area contributed by atoms with E-state index in [2.05, 4.69) is 67.1 Å². The highest BCUT2D eigenvalue weighted by molar-refractivity contribution is 5.92. The third-order valence-electron chi connectivity index (χ3n) is 4.55. The molecule has 0 nitrogen and oxygen atoms in total. The van der Waals surface area contributed by atoms with Gasteiger partial charge in [0.05, 0.1) is 0 Å². The zero-order valence-corrected chi connectivity index (χ0v) is 11.1. The van der Waals surface area contributed by atoms with E-state index in [-0.39, 0.29) is 0 Å². The minimum absolute atomic E-state index is 1.07. The van der Waals surface area contributed by atoms with E-state index >= 15 is 0 Å². The summed E-state index contributed by atoms with van der Waals surface area (Å²) in [5.41, 5.74) is 11.3. The van der Waals surface area contributed by atoms with Crippen LogP contribution in [0.2, 0.25) is 0 Å². The van der Waals surface area contributed by atoms with Crippen molar-refractivity contribution in [2.75, 3.05) is 0 Å². The molecule has 0 fully saturated rings. The van der Waals surface area contributed by atoms with Gasteiger partial charge in [0.25, 0.3) is 0 Å². The van der Waals surface area contributed by atoms with Crippen LogP contribution in [0.5, 0.6) is 0 Å². The number of hydrogen-bond donors (Lipinski definition) is 0. The summed E-state index contributed by atoms with van der Waals surface area (Å²) in [6.07, 6.45) is 3.43. The van der Waals surface area contributed by atoms with E-state index in [1.165, 1.54) is 44.5 Å². The van der Waals surface area contributed by atoms with Crippen LogP contribution in [0.1, 0.15) is 22.3 Å². The highest BCUT2D eigenvalue weighted by Gasteiger charge is 2.27. The molecule has 0 saturated heterocycles. The van der Waals surface area contributed by atoms with Gasteiger partial charge in [-0.1, -0.05) is 60.7 Å². The lowest BCUT2D eigenvalue weighted by Gasteiger charge is -2.08. The maximum atomic E-state index is 2.35. The van der Waals surface area contributed by atoms with E-state index in [4.69, 9.17) is 0 Å². The van der Waals surface area contributed by atoms with Crippen LogP contribution in [0, 0.1) is 6.42 Å². The Morgan fingerprint density at radius 3 is 2.35 bits per heavy atom. The van der Waals surface area contributed by atoms with Crippen LogP contribution in [0.25, 0.3) is 22.3 Å². The molecule has 20 heavy (non-hydrogen) atoms. The number of fused-ring (bicyclic) bond motifs is 7. The van der Waals surface area contributed by atoms with Crippen molar-refractivity contribution in [2.24, 2.45) is 0 Å². The molecule has 0 aliphatic heterocycles. The predicted octanol–water partition coefficient (Wildman–Crippen LogP) is 4.84. The van der Waals surface area contributed by atoms with E-state index in [0.717, 1.165) is 6.42 Å². The van der Waals surface area contributed by atoms with Gasteiger partial charge >= 0.3 is 0 Å². The molecule has 2 aliphatic rings. The van der Waals surface area contributed by atoms with Crippen molar-refractivity contribution in [3.05, 3.63) is 89.3 Å². The predicted molar refractivity (Wildman–Crippen MR) is 82.6 cm³/mol. The minimum atomic E-state index is 1.07. The van der Waals surface area contributed by atoms with Crippen LogP contribution in [0.4, 0.5) is 0 Å². The lowest BCUT2D eigenvalue weighted by Crippen LogP contribution is -1.87. The van der Waals surface area contributed by atoms with Gasteiger partial charge in [0.2, 0.25) is 0 Å². The molecule has 1 radical (unpaired) electrons. The highest BCUT2D eigenvalue weighted by Crippen LogP contribution is 2.47. The quantitative estimate of drug-likeness (QED) is 0.370. The van der Waals surface area contributed by atoms with Crippen LogP contribution in [0.15, 0.2) is 60.7 Å². The summed E-state index contributed by atoms with van der Waals surface area (Å²) in [6.45, 7) is 0. The average Bonchev–Trinajstić information content (AvgIpc) is 3.04. The van der Waals surface area contributed by atoms with Crippen molar-refractivity contribution < 1.29 is 0 Å². The summed E-state index contributed by atoms with van der Waals surface area (Å²) in [6, 6.07) is 22.1. The molecule has 3 aromatic rings. The molecule has 0 unspecified atom stereocenters. The Bertz CT molecular complexity index is 856.